The summed E-state index contributed by atoms with van der Waals surface area (Å²) >= 11 is 0. The van der Waals surface area contributed by atoms with E-state index in [1.807, 2.05) is 0 Å². The molecule has 2 N–H and O–H groups in total. The highest BCUT2D eigenvalue weighted by atomic mass is 16.5. The molecule has 1 aromatic heterocycles. The van der Waals surface area contributed by atoms with Gasteiger partial charge in [0.25, 0.3) is 5.91 Å². The van der Waals surface area contributed by atoms with Crippen molar-refractivity contribution in [3.8, 4) is 5.75 Å². The van der Waals surface area contributed by atoms with Crippen LogP contribution in [0.2, 0.25) is 0 Å². The molecule has 0 aliphatic carbocycles. The molecule has 0 aromatic carbocycles. The number of carbonyl (C=O) groups is 3. The average molecular weight is 350 g/mol. The first-order chi connectivity index (χ1) is 11.9. The maximum atomic E-state index is 12.3. The van der Waals surface area contributed by atoms with Crippen molar-refractivity contribution >= 4 is 23.9 Å². The summed E-state index contributed by atoms with van der Waals surface area (Å²) < 4.78 is 10.1. The lowest BCUT2D eigenvalue weighted by atomic mass is 10.1. The van der Waals surface area contributed by atoms with E-state index in [4.69, 9.17) is 15.0 Å². The van der Waals surface area contributed by atoms with E-state index in [1.165, 1.54) is 32.7 Å². The minimum Gasteiger partial charge on any atom is -0.495 e. The largest absolute Gasteiger partial charge is 0.495 e. The number of methoxy groups -OCH3 is 2. The molecule has 1 rings (SSSR count). The third-order valence-corrected chi connectivity index (χ3v) is 3.24. The van der Waals surface area contributed by atoms with Crippen LogP contribution in [0.1, 0.15) is 24.5 Å². The van der Waals surface area contributed by atoms with Gasteiger partial charge in [-0.1, -0.05) is 0 Å². The Morgan fingerprint density at radius 1 is 1.40 bits per heavy atom. The lowest BCUT2D eigenvalue weighted by Gasteiger charge is -2.19. The Kier molecular flexibility index (Phi) is 7.91. The molecule has 0 bridgehead atoms. The van der Waals surface area contributed by atoms with Gasteiger partial charge >= 0.3 is 12.2 Å². The second-order valence-electron chi connectivity index (χ2n) is 4.92. The molecule has 1 aromatic rings. The molecule has 10 nitrogen and oxygen atoms in total. The van der Waals surface area contributed by atoms with Gasteiger partial charge in [0.15, 0.2) is 6.10 Å². The first-order valence-corrected chi connectivity index (χ1v) is 7.18. The lowest BCUT2D eigenvalue weighted by molar-refractivity contribution is -0.144. The monoisotopic (exact) mass is 350 g/mol. The Bertz CT molecular complexity index is 686. The molecule has 134 valence electrons. The first kappa shape index (κ1) is 19.9. The Labute approximate surface area is 143 Å². The van der Waals surface area contributed by atoms with Gasteiger partial charge in [-0.05, 0) is 12.5 Å². The Hall–Kier alpha value is -3.10. The smallest absolute Gasteiger partial charge is 0.326 e. The third-order valence-electron chi connectivity index (χ3n) is 3.24. The van der Waals surface area contributed by atoms with Crippen LogP contribution in [-0.4, -0.2) is 59.0 Å². The second kappa shape index (κ2) is 9.91. The number of pyridine rings is 1. The molecule has 10 heteroatoms. The number of carboxylic acid groups (broad SMARTS) is 1. The molecule has 0 unspecified atom stereocenters. The van der Waals surface area contributed by atoms with Crippen molar-refractivity contribution in [2.24, 2.45) is 0 Å². The lowest BCUT2D eigenvalue weighted by Crippen LogP contribution is -2.43. The molecule has 0 radical (unpaired) electrons. The van der Waals surface area contributed by atoms with E-state index in [2.05, 4.69) is 15.1 Å². The Morgan fingerprint density at radius 2 is 2.12 bits per heavy atom. The van der Waals surface area contributed by atoms with Crippen molar-refractivity contribution in [1.29, 1.82) is 0 Å². The van der Waals surface area contributed by atoms with Crippen LogP contribution in [-0.2, 0) is 19.1 Å². The summed E-state index contributed by atoms with van der Waals surface area (Å²) in [4.78, 5) is 41.4. The van der Waals surface area contributed by atoms with E-state index in [0.717, 1.165) is 0 Å². The van der Waals surface area contributed by atoms with Crippen molar-refractivity contribution in [2.45, 2.75) is 25.0 Å². The van der Waals surface area contributed by atoms with Crippen LogP contribution in [0.15, 0.2) is 18.5 Å². The summed E-state index contributed by atoms with van der Waals surface area (Å²) in [5.41, 5.74) is 8.64. The van der Waals surface area contributed by atoms with E-state index in [-0.39, 0.29) is 12.8 Å². The quantitative estimate of drug-likeness (QED) is 0.342. The number of aliphatic carboxylic acids is 1. The molecule has 0 aliphatic heterocycles. The molecule has 1 heterocycles. The molecule has 25 heavy (non-hydrogen) atoms. The maximum absolute atomic E-state index is 12.3. The summed E-state index contributed by atoms with van der Waals surface area (Å²) in [5.74, 6) is -2.16. The average Bonchev–Trinajstić information content (AvgIpc) is 2.59. The minimum absolute atomic E-state index is 0.168. The van der Waals surface area contributed by atoms with Gasteiger partial charge < -0.3 is 25.4 Å². The summed E-state index contributed by atoms with van der Waals surface area (Å²) in [6, 6.07) is 0.234. The van der Waals surface area contributed by atoms with Crippen molar-refractivity contribution in [1.82, 2.24) is 10.3 Å². The predicted molar refractivity (Wildman–Crippen MR) is 84.0 cm³/mol. The van der Waals surface area contributed by atoms with Crippen LogP contribution in [0.3, 0.4) is 0 Å². The number of carbonyl (C=O) groups excluding carboxylic acids is 2. The summed E-state index contributed by atoms with van der Waals surface area (Å²) in [7, 11) is 2.73. The van der Waals surface area contributed by atoms with E-state index in [0.29, 0.717) is 17.5 Å². The van der Waals surface area contributed by atoms with Crippen molar-refractivity contribution in [3.63, 3.8) is 0 Å². The molecule has 0 saturated heterocycles. The molecule has 0 saturated carbocycles. The number of nitrogens with one attached hydrogen (secondary N) is 1. The van der Waals surface area contributed by atoms with Gasteiger partial charge in [0, 0.05) is 25.3 Å². The second-order valence-corrected chi connectivity index (χ2v) is 4.92. The van der Waals surface area contributed by atoms with Gasteiger partial charge in [0.2, 0.25) is 5.78 Å². The van der Waals surface area contributed by atoms with Crippen LogP contribution in [0.25, 0.3) is 5.53 Å². The molecular formula is C15H18N4O6. The Morgan fingerprint density at radius 3 is 2.68 bits per heavy atom. The van der Waals surface area contributed by atoms with Gasteiger partial charge in [-0.3, -0.25) is 14.6 Å². The van der Waals surface area contributed by atoms with Crippen LogP contribution in [0, 0.1) is 0 Å². The third kappa shape index (κ3) is 6.13. The molecule has 1 amide bonds. The summed E-state index contributed by atoms with van der Waals surface area (Å²) in [6.07, 6.45) is 2.04. The maximum Gasteiger partial charge on any atom is 0.326 e. The highest BCUT2D eigenvalue weighted by molar-refractivity contribution is 6.25. The number of nitrogens with zero attached hydrogens (tertiary/aromatic N) is 3. The van der Waals surface area contributed by atoms with Gasteiger partial charge in [-0.2, -0.15) is 4.79 Å². The normalized spacial score (nSPS) is 12.4. The molecule has 0 fully saturated rings. The standard InChI is InChI=1S/C15H18N4O6/c1-24-11-5-9(6-17-8-11)13(25-2)14(21)19-12(15(22)23)4-3-10(20)7-18-16/h5-8,12-13H,3-4H2,1-2H3,(H,19,21)(H,22,23)/t12-,13-/m0/s1. The number of aromatic nitrogens is 1. The number of amides is 1. The van der Waals surface area contributed by atoms with Gasteiger partial charge in [0.1, 0.15) is 11.8 Å². The number of rotatable bonds is 10. The zero-order chi connectivity index (χ0) is 18.8. The van der Waals surface area contributed by atoms with E-state index in [1.54, 1.807) is 0 Å². The highest BCUT2D eigenvalue weighted by Crippen LogP contribution is 2.20. The minimum atomic E-state index is -1.31. The van der Waals surface area contributed by atoms with Crippen LogP contribution in [0.4, 0.5) is 0 Å². The van der Waals surface area contributed by atoms with Crippen molar-refractivity contribution in [2.75, 3.05) is 14.2 Å². The molecular weight excluding hydrogens is 332 g/mol. The van der Waals surface area contributed by atoms with E-state index >= 15 is 0 Å². The Balaban J connectivity index is 2.84. The molecule has 0 spiro atoms. The predicted octanol–water partition coefficient (Wildman–Crippen LogP) is -0.00300. The van der Waals surface area contributed by atoms with Gasteiger partial charge in [-0.15, -0.1) is 0 Å². The number of Topliss-reactive ketones (excluding diaryl/α,β-unsaturated/α-hetero) is 1. The number of hydrogen-bond donors (Lipinski definition) is 2. The summed E-state index contributed by atoms with van der Waals surface area (Å²) in [6.45, 7) is 0. The summed E-state index contributed by atoms with van der Waals surface area (Å²) in [5, 5.41) is 11.5. The fourth-order valence-electron chi connectivity index (χ4n) is 2.01. The first-order valence-electron chi connectivity index (χ1n) is 7.18. The number of ketones is 1. The fourth-order valence-corrected chi connectivity index (χ4v) is 2.01. The molecule has 0 aliphatic rings. The highest BCUT2D eigenvalue weighted by Gasteiger charge is 2.27. The van der Waals surface area contributed by atoms with Gasteiger partial charge in [-0.25, -0.2) is 4.79 Å². The fraction of sp³-hybridized carbons (Fsp3) is 0.400. The van der Waals surface area contributed by atoms with Crippen LogP contribution in [0.5, 0.6) is 5.75 Å². The SMILES string of the molecule is COc1cncc([C@H](OC)C(=O)N[C@@H](CCC(=O)C=[N+]=[N-])C(=O)O)c1. The van der Waals surface area contributed by atoms with Gasteiger partial charge in [0.05, 0.1) is 13.3 Å². The van der Waals surface area contributed by atoms with Crippen molar-refractivity contribution in [3.05, 3.63) is 29.6 Å². The molecule has 2 atom stereocenters. The van der Waals surface area contributed by atoms with Crippen molar-refractivity contribution < 1.29 is 33.8 Å². The zero-order valence-corrected chi connectivity index (χ0v) is 13.7. The van der Waals surface area contributed by atoms with Crippen LogP contribution < -0.4 is 10.1 Å². The topological polar surface area (TPSA) is 151 Å². The zero-order valence-electron chi connectivity index (χ0n) is 13.7. The number of hydrogen-bond acceptors (Lipinski definition) is 6. The van der Waals surface area contributed by atoms with E-state index in [9.17, 15) is 19.5 Å². The van der Waals surface area contributed by atoms with Crippen LogP contribution >= 0.6 is 0 Å². The van der Waals surface area contributed by atoms with E-state index < -0.39 is 29.8 Å². The number of carboxylic acids is 1. The number of ether oxygens (including phenoxy) is 2.